The van der Waals surface area contributed by atoms with Gasteiger partial charge in [0.1, 0.15) is 0 Å². The molecule has 90 valence electrons. The molecule has 1 N–H and O–H groups in total. The fourth-order valence-electron chi connectivity index (χ4n) is 2.04. The predicted octanol–water partition coefficient (Wildman–Crippen LogP) is 3.79. The minimum absolute atomic E-state index is 0.687. The number of aryl methyl sites for hydroxylation is 2. The van der Waals surface area contributed by atoms with Crippen LogP contribution in [0, 0.1) is 25.2 Å². The predicted molar refractivity (Wildman–Crippen MR) is 74.4 cm³/mol. The van der Waals surface area contributed by atoms with E-state index in [9.17, 15) is 0 Å². The van der Waals surface area contributed by atoms with Crippen LogP contribution in [0.25, 0.3) is 0 Å². The second-order valence-corrected chi connectivity index (χ2v) is 4.54. The van der Waals surface area contributed by atoms with Gasteiger partial charge in [0.15, 0.2) is 0 Å². The summed E-state index contributed by atoms with van der Waals surface area (Å²) in [5.41, 5.74) is 5.57. The van der Waals surface area contributed by atoms with Gasteiger partial charge in [0.25, 0.3) is 0 Å². The molecule has 0 aliphatic heterocycles. The summed E-state index contributed by atoms with van der Waals surface area (Å²) in [5.74, 6) is 0. The van der Waals surface area contributed by atoms with E-state index < -0.39 is 0 Å². The average Bonchev–Trinajstić information content (AvgIpc) is 2.36. The van der Waals surface area contributed by atoms with E-state index >= 15 is 0 Å². The van der Waals surface area contributed by atoms with Crippen LogP contribution in [-0.4, -0.2) is 0 Å². The van der Waals surface area contributed by atoms with E-state index in [0.29, 0.717) is 5.56 Å². The molecular weight excluding hydrogens is 220 g/mol. The maximum atomic E-state index is 8.73. The maximum Gasteiger partial charge on any atom is 0.0991 e. The molecule has 0 fully saturated rings. The molecule has 0 amide bonds. The lowest BCUT2D eigenvalue weighted by Gasteiger charge is -2.08. The fraction of sp³-hybridized carbons (Fsp3) is 0.188. The SMILES string of the molecule is Cc1cc(C)cc(CNc2ccc(C#N)cc2)c1. The Hall–Kier alpha value is -2.27. The topological polar surface area (TPSA) is 35.8 Å². The number of anilines is 1. The molecule has 0 aliphatic rings. The third-order valence-corrected chi connectivity index (χ3v) is 2.79. The second-order valence-electron chi connectivity index (χ2n) is 4.54. The lowest BCUT2D eigenvalue weighted by Crippen LogP contribution is -2.00. The van der Waals surface area contributed by atoms with Crippen LogP contribution in [0.15, 0.2) is 42.5 Å². The molecule has 0 radical (unpaired) electrons. The first-order valence-electron chi connectivity index (χ1n) is 5.98. The Balaban J connectivity index is 2.04. The standard InChI is InChI=1S/C16H16N2/c1-12-7-13(2)9-15(8-12)11-18-16-5-3-14(10-17)4-6-16/h3-9,18H,11H2,1-2H3. The Labute approximate surface area is 108 Å². The fourth-order valence-corrected chi connectivity index (χ4v) is 2.04. The highest BCUT2D eigenvalue weighted by atomic mass is 14.9. The van der Waals surface area contributed by atoms with E-state index in [0.717, 1.165) is 12.2 Å². The average molecular weight is 236 g/mol. The van der Waals surface area contributed by atoms with E-state index in [1.165, 1.54) is 16.7 Å². The summed E-state index contributed by atoms with van der Waals surface area (Å²) >= 11 is 0. The van der Waals surface area contributed by atoms with E-state index in [1.54, 1.807) is 0 Å². The number of benzene rings is 2. The van der Waals surface area contributed by atoms with Gasteiger partial charge in [-0.25, -0.2) is 0 Å². The molecule has 0 spiro atoms. The van der Waals surface area contributed by atoms with Gasteiger partial charge in [-0.3, -0.25) is 0 Å². The van der Waals surface area contributed by atoms with E-state index in [-0.39, 0.29) is 0 Å². The van der Waals surface area contributed by atoms with Crippen molar-refractivity contribution in [2.24, 2.45) is 0 Å². The molecule has 0 aromatic heterocycles. The molecule has 0 heterocycles. The van der Waals surface area contributed by atoms with Crippen LogP contribution in [0.1, 0.15) is 22.3 Å². The zero-order chi connectivity index (χ0) is 13.0. The van der Waals surface area contributed by atoms with Gasteiger partial charge in [0, 0.05) is 12.2 Å². The number of nitrogens with zero attached hydrogens (tertiary/aromatic N) is 1. The normalized spacial score (nSPS) is 9.83. The molecule has 0 unspecified atom stereocenters. The van der Waals surface area contributed by atoms with Gasteiger partial charge in [0.2, 0.25) is 0 Å². The van der Waals surface area contributed by atoms with Crippen LogP contribution in [0.3, 0.4) is 0 Å². The zero-order valence-electron chi connectivity index (χ0n) is 10.7. The maximum absolute atomic E-state index is 8.73. The monoisotopic (exact) mass is 236 g/mol. The molecule has 2 nitrogen and oxygen atoms in total. The lowest BCUT2D eigenvalue weighted by molar-refractivity contribution is 1.13. The Morgan fingerprint density at radius 3 is 2.17 bits per heavy atom. The number of nitrogens with one attached hydrogen (secondary N) is 1. The molecule has 0 atom stereocenters. The zero-order valence-corrected chi connectivity index (χ0v) is 10.7. The first-order valence-corrected chi connectivity index (χ1v) is 5.98. The first kappa shape index (κ1) is 12.2. The molecule has 2 aromatic rings. The van der Waals surface area contributed by atoms with Crippen molar-refractivity contribution in [3.63, 3.8) is 0 Å². The van der Waals surface area contributed by atoms with Crippen molar-refractivity contribution in [2.75, 3.05) is 5.32 Å². The number of hydrogen-bond acceptors (Lipinski definition) is 2. The largest absolute Gasteiger partial charge is 0.381 e. The molecule has 2 heteroatoms. The third kappa shape index (κ3) is 3.11. The molecular formula is C16H16N2. The summed E-state index contributed by atoms with van der Waals surface area (Å²) in [7, 11) is 0. The lowest BCUT2D eigenvalue weighted by atomic mass is 10.1. The number of rotatable bonds is 3. The highest BCUT2D eigenvalue weighted by molar-refractivity contribution is 5.47. The van der Waals surface area contributed by atoms with Crippen LogP contribution in [0.5, 0.6) is 0 Å². The Morgan fingerprint density at radius 2 is 1.61 bits per heavy atom. The molecule has 0 saturated heterocycles. The van der Waals surface area contributed by atoms with Crippen molar-refractivity contribution in [3.05, 3.63) is 64.7 Å². The quantitative estimate of drug-likeness (QED) is 0.880. The van der Waals surface area contributed by atoms with Crippen molar-refractivity contribution < 1.29 is 0 Å². The molecule has 18 heavy (non-hydrogen) atoms. The van der Waals surface area contributed by atoms with Crippen LogP contribution < -0.4 is 5.32 Å². The second kappa shape index (κ2) is 5.37. The van der Waals surface area contributed by atoms with Crippen LogP contribution in [0.2, 0.25) is 0 Å². The summed E-state index contributed by atoms with van der Waals surface area (Å²) in [5, 5.41) is 12.1. The van der Waals surface area contributed by atoms with Crippen molar-refractivity contribution >= 4 is 5.69 Å². The van der Waals surface area contributed by atoms with E-state index in [2.05, 4.69) is 43.4 Å². The van der Waals surface area contributed by atoms with Crippen LogP contribution >= 0.6 is 0 Å². The Kier molecular flexibility index (Phi) is 3.64. The van der Waals surface area contributed by atoms with Crippen molar-refractivity contribution in [2.45, 2.75) is 20.4 Å². The molecule has 0 saturated carbocycles. The minimum Gasteiger partial charge on any atom is -0.381 e. The summed E-state index contributed by atoms with van der Waals surface area (Å²) in [6.07, 6.45) is 0. The van der Waals surface area contributed by atoms with Gasteiger partial charge in [-0.1, -0.05) is 29.3 Å². The van der Waals surface area contributed by atoms with Crippen molar-refractivity contribution in [1.82, 2.24) is 0 Å². The molecule has 2 rings (SSSR count). The van der Waals surface area contributed by atoms with Gasteiger partial charge in [0.05, 0.1) is 11.6 Å². The smallest absolute Gasteiger partial charge is 0.0991 e. The van der Waals surface area contributed by atoms with Gasteiger partial charge < -0.3 is 5.32 Å². The summed E-state index contributed by atoms with van der Waals surface area (Å²) in [6.45, 7) is 5.02. The minimum atomic E-state index is 0.687. The third-order valence-electron chi connectivity index (χ3n) is 2.79. The van der Waals surface area contributed by atoms with Gasteiger partial charge >= 0.3 is 0 Å². The summed E-state index contributed by atoms with van der Waals surface area (Å²) in [6, 6.07) is 16.2. The Morgan fingerprint density at radius 1 is 1.00 bits per heavy atom. The molecule has 2 aromatic carbocycles. The van der Waals surface area contributed by atoms with E-state index in [4.69, 9.17) is 5.26 Å². The van der Waals surface area contributed by atoms with Crippen molar-refractivity contribution in [3.8, 4) is 6.07 Å². The first-order chi connectivity index (χ1) is 8.67. The van der Waals surface area contributed by atoms with E-state index in [1.807, 2.05) is 24.3 Å². The number of hydrogen-bond donors (Lipinski definition) is 1. The Bertz CT molecular complexity index is 557. The number of nitriles is 1. The van der Waals surface area contributed by atoms with Crippen molar-refractivity contribution in [1.29, 1.82) is 5.26 Å². The van der Waals surface area contributed by atoms with Gasteiger partial charge in [-0.05, 0) is 43.7 Å². The highest BCUT2D eigenvalue weighted by Gasteiger charge is 1.97. The summed E-state index contributed by atoms with van der Waals surface area (Å²) < 4.78 is 0. The molecule has 0 bridgehead atoms. The summed E-state index contributed by atoms with van der Waals surface area (Å²) in [4.78, 5) is 0. The molecule has 0 aliphatic carbocycles. The van der Waals surface area contributed by atoms with Gasteiger partial charge in [-0.15, -0.1) is 0 Å². The van der Waals surface area contributed by atoms with Crippen LogP contribution in [0.4, 0.5) is 5.69 Å². The van der Waals surface area contributed by atoms with Gasteiger partial charge in [-0.2, -0.15) is 5.26 Å². The van der Waals surface area contributed by atoms with Crippen LogP contribution in [-0.2, 0) is 6.54 Å². The highest BCUT2D eigenvalue weighted by Crippen LogP contribution is 2.13.